The number of methoxy groups -OCH3 is 1. The summed E-state index contributed by atoms with van der Waals surface area (Å²) in [6.45, 7) is 8.04. The fourth-order valence-corrected chi connectivity index (χ4v) is 0.315. The first-order valence-corrected chi connectivity index (χ1v) is 2.71. The van der Waals surface area contributed by atoms with E-state index in [-0.39, 0.29) is 0 Å². The zero-order chi connectivity index (χ0) is 7.11. The molecule has 0 radical (unpaired) electrons. The van der Waals surface area contributed by atoms with Gasteiger partial charge in [-0.15, -0.1) is 6.58 Å². The average molecular weight is 128 g/mol. The molecule has 0 aliphatic carbocycles. The lowest BCUT2D eigenvalue weighted by molar-refractivity contribution is 0.136. The molecule has 0 unspecified atom stereocenters. The second-order valence-electron chi connectivity index (χ2n) is 1.55. The van der Waals surface area contributed by atoms with Crippen LogP contribution in [0.1, 0.15) is 0 Å². The highest BCUT2D eigenvalue weighted by atomic mass is 16.5. The van der Waals surface area contributed by atoms with E-state index < -0.39 is 0 Å². The molecule has 0 aliphatic rings. The summed E-state index contributed by atoms with van der Waals surface area (Å²) < 4.78 is 9.74. The van der Waals surface area contributed by atoms with Gasteiger partial charge in [0.15, 0.2) is 0 Å². The normalized spacial score (nSPS) is 8.56. The summed E-state index contributed by atoms with van der Waals surface area (Å²) in [6, 6.07) is 0. The third-order valence-corrected chi connectivity index (χ3v) is 0.787. The van der Waals surface area contributed by atoms with Gasteiger partial charge < -0.3 is 9.47 Å². The minimum Gasteiger partial charge on any atom is -0.499 e. The summed E-state index contributed by atoms with van der Waals surface area (Å²) in [5.41, 5.74) is 0. The molecule has 2 nitrogen and oxygen atoms in total. The van der Waals surface area contributed by atoms with Crippen LogP contribution < -0.4 is 0 Å². The van der Waals surface area contributed by atoms with Crippen LogP contribution in [0.2, 0.25) is 0 Å². The van der Waals surface area contributed by atoms with Crippen molar-refractivity contribution in [2.75, 3.05) is 20.3 Å². The largest absolute Gasteiger partial charge is 0.499 e. The zero-order valence-corrected chi connectivity index (χ0v) is 5.72. The molecule has 0 aliphatic heterocycles. The zero-order valence-electron chi connectivity index (χ0n) is 5.72. The maximum absolute atomic E-state index is 4.99. The van der Waals surface area contributed by atoms with Crippen LogP contribution in [-0.4, -0.2) is 20.3 Å². The van der Waals surface area contributed by atoms with Gasteiger partial charge in [0.25, 0.3) is 0 Å². The van der Waals surface area contributed by atoms with Gasteiger partial charge in [-0.05, 0) is 0 Å². The Morgan fingerprint density at radius 2 is 2.33 bits per heavy atom. The minimum atomic E-state index is 0.447. The number of hydrogen-bond acceptors (Lipinski definition) is 2. The summed E-state index contributed by atoms with van der Waals surface area (Å²) in [6.07, 6.45) is 1.68. The van der Waals surface area contributed by atoms with Gasteiger partial charge in [0.05, 0.1) is 13.7 Å². The highest BCUT2D eigenvalue weighted by Gasteiger charge is 1.87. The number of rotatable bonds is 5. The van der Waals surface area contributed by atoms with Crippen molar-refractivity contribution in [3.05, 3.63) is 25.0 Å². The summed E-state index contributed by atoms with van der Waals surface area (Å²) in [5.74, 6) is 0.636. The van der Waals surface area contributed by atoms with Crippen molar-refractivity contribution < 1.29 is 9.47 Å². The third kappa shape index (κ3) is 5.11. The Morgan fingerprint density at radius 1 is 1.67 bits per heavy atom. The molecule has 0 N–H and O–H groups in total. The highest BCUT2D eigenvalue weighted by molar-refractivity contribution is 4.81. The van der Waals surface area contributed by atoms with Crippen LogP contribution in [0.5, 0.6) is 0 Å². The second-order valence-corrected chi connectivity index (χ2v) is 1.55. The Labute approximate surface area is 55.8 Å². The van der Waals surface area contributed by atoms with Crippen molar-refractivity contribution in [3.63, 3.8) is 0 Å². The van der Waals surface area contributed by atoms with Crippen LogP contribution >= 0.6 is 0 Å². The van der Waals surface area contributed by atoms with E-state index in [9.17, 15) is 0 Å². The number of ether oxygens (including phenoxy) is 2. The topological polar surface area (TPSA) is 18.5 Å². The van der Waals surface area contributed by atoms with E-state index in [1.165, 1.54) is 0 Å². The predicted octanol–water partition coefficient (Wildman–Crippen LogP) is 1.35. The molecule has 0 atom stereocenters. The molecule has 0 aromatic carbocycles. The van der Waals surface area contributed by atoms with Crippen LogP contribution in [0.25, 0.3) is 0 Å². The van der Waals surface area contributed by atoms with Gasteiger partial charge in [-0.2, -0.15) is 0 Å². The molecule has 0 aromatic heterocycles. The fourth-order valence-electron chi connectivity index (χ4n) is 0.315. The van der Waals surface area contributed by atoms with Gasteiger partial charge in [-0.1, -0.05) is 12.7 Å². The maximum atomic E-state index is 4.99. The summed E-state index contributed by atoms with van der Waals surface area (Å²) in [5, 5.41) is 0. The van der Waals surface area contributed by atoms with Gasteiger partial charge in [0.2, 0.25) is 0 Å². The molecular formula is C7H12O2. The third-order valence-electron chi connectivity index (χ3n) is 0.787. The van der Waals surface area contributed by atoms with Crippen molar-refractivity contribution in [1.29, 1.82) is 0 Å². The molecule has 0 bridgehead atoms. The minimum absolute atomic E-state index is 0.447. The van der Waals surface area contributed by atoms with Gasteiger partial charge in [-0.3, -0.25) is 0 Å². The van der Waals surface area contributed by atoms with Crippen LogP contribution in [0.4, 0.5) is 0 Å². The van der Waals surface area contributed by atoms with E-state index in [4.69, 9.17) is 9.47 Å². The molecule has 52 valence electrons. The summed E-state index contributed by atoms with van der Waals surface area (Å²) in [4.78, 5) is 0. The molecule has 0 amide bonds. The SMILES string of the molecule is C=CCOCC(=C)OC. The van der Waals surface area contributed by atoms with Gasteiger partial charge in [-0.25, -0.2) is 0 Å². The lowest BCUT2D eigenvalue weighted by Crippen LogP contribution is -1.98. The van der Waals surface area contributed by atoms with Crippen molar-refractivity contribution in [1.82, 2.24) is 0 Å². The molecule has 0 saturated carbocycles. The monoisotopic (exact) mass is 128 g/mol. The Balaban J connectivity index is 3.06. The van der Waals surface area contributed by atoms with Gasteiger partial charge in [0.1, 0.15) is 12.4 Å². The van der Waals surface area contributed by atoms with E-state index >= 15 is 0 Å². The van der Waals surface area contributed by atoms with Crippen molar-refractivity contribution >= 4 is 0 Å². The molecule has 0 spiro atoms. The highest BCUT2D eigenvalue weighted by Crippen LogP contribution is 1.90. The van der Waals surface area contributed by atoms with Crippen molar-refractivity contribution in [2.24, 2.45) is 0 Å². The fraction of sp³-hybridized carbons (Fsp3) is 0.429. The van der Waals surface area contributed by atoms with E-state index in [1.54, 1.807) is 13.2 Å². The average Bonchev–Trinajstić information content (AvgIpc) is 1.89. The number of hydrogen-bond donors (Lipinski definition) is 0. The quantitative estimate of drug-likeness (QED) is 0.316. The van der Waals surface area contributed by atoms with E-state index in [1.807, 2.05) is 0 Å². The Kier molecular flexibility index (Phi) is 4.92. The lowest BCUT2D eigenvalue weighted by atomic mass is 10.6. The van der Waals surface area contributed by atoms with Crippen molar-refractivity contribution in [2.45, 2.75) is 0 Å². The molecule has 0 rings (SSSR count). The van der Waals surface area contributed by atoms with Crippen LogP contribution in [0.3, 0.4) is 0 Å². The smallest absolute Gasteiger partial charge is 0.114 e. The van der Waals surface area contributed by atoms with Crippen molar-refractivity contribution in [3.8, 4) is 0 Å². The Bertz CT molecular complexity index is 97.1. The predicted molar refractivity (Wildman–Crippen MR) is 37.2 cm³/mol. The van der Waals surface area contributed by atoms with Crippen LogP contribution in [-0.2, 0) is 9.47 Å². The summed E-state index contributed by atoms with van der Waals surface area (Å²) >= 11 is 0. The Morgan fingerprint density at radius 3 is 2.78 bits per heavy atom. The van der Waals surface area contributed by atoms with Crippen LogP contribution in [0, 0.1) is 0 Å². The van der Waals surface area contributed by atoms with Gasteiger partial charge >= 0.3 is 0 Å². The molecule has 2 heteroatoms. The molecule has 0 saturated heterocycles. The lowest BCUT2D eigenvalue weighted by Gasteiger charge is -2.02. The molecular weight excluding hydrogens is 116 g/mol. The maximum Gasteiger partial charge on any atom is 0.114 e. The van der Waals surface area contributed by atoms with Crippen LogP contribution in [0.15, 0.2) is 25.0 Å². The second kappa shape index (κ2) is 5.38. The van der Waals surface area contributed by atoms with E-state index in [0.717, 1.165) is 0 Å². The molecule has 0 aromatic rings. The molecule has 0 fully saturated rings. The summed E-state index contributed by atoms with van der Waals surface area (Å²) in [7, 11) is 1.57. The first kappa shape index (κ1) is 8.24. The Hall–Kier alpha value is -0.760. The van der Waals surface area contributed by atoms with Gasteiger partial charge in [0, 0.05) is 0 Å². The molecule has 9 heavy (non-hydrogen) atoms. The van der Waals surface area contributed by atoms with E-state index in [2.05, 4.69) is 13.2 Å². The first-order valence-electron chi connectivity index (χ1n) is 2.71. The standard InChI is InChI=1S/C7H12O2/c1-4-5-9-6-7(2)8-3/h4H,1-2,5-6H2,3H3. The first-order chi connectivity index (χ1) is 4.31. The molecule has 0 heterocycles. The van der Waals surface area contributed by atoms with E-state index in [0.29, 0.717) is 19.0 Å².